The van der Waals surface area contributed by atoms with Crippen molar-refractivity contribution >= 4 is 23.5 Å². The number of benzene rings is 1. The fourth-order valence-corrected chi connectivity index (χ4v) is 2.29. The normalized spacial score (nSPS) is 10.4. The van der Waals surface area contributed by atoms with Crippen molar-refractivity contribution in [1.29, 1.82) is 0 Å². The van der Waals surface area contributed by atoms with E-state index >= 15 is 0 Å². The van der Waals surface area contributed by atoms with Gasteiger partial charge in [0.15, 0.2) is 5.82 Å². The first-order valence-electron chi connectivity index (χ1n) is 5.77. The summed E-state index contributed by atoms with van der Waals surface area (Å²) in [6, 6.07) is 8.04. The molecule has 0 saturated carbocycles. The Morgan fingerprint density at radius 3 is 2.79 bits per heavy atom. The van der Waals surface area contributed by atoms with Crippen molar-refractivity contribution in [3.8, 4) is 0 Å². The van der Waals surface area contributed by atoms with Gasteiger partial charge in [-0.15, -0.1) is 11.8 Å². The molecule has 0 unspecified atom stereocenters. The van der Waals surface area contributed by atoms with Crippen LogP contribution in [0.15, 0.2) is 30.3 Å². The lowest BCUT2D eigenvalue weighted by atomic mass is 10.2. The highest BCUT2D eigenvalue weighted by Crippen LogP contribution is 2.13. The van der Waals surface area contributed by atoms with Gasteiger partial charge in [-0.3, -0.25) is 9.89 Å². The van der Waals surface area contributed by atoms with Crippen LogP contribution in [0.1, 0.15) is 11.3 Å². The van der Waals surface area contributed by atoms with Gasteiger partial charge in [0.25, 0.3) is 0 Å². The van der Waals surface area contributed by atoms with E-state index in [1.54, 1.807) is 18.2 Å². The van der Waals surface area contributed by atoms with Crippen molar-refractivity contribution in [2.75, 3.05) is 11.1 Å². The van der Waals surface area contributed by atoms with Crippen LogP contribution < -0.4 is 5.32 Å². The van der Waals surface area contributed by atoms with Crippen molar-refractivity contribution < 1.29 is 9.18 Å². The molecule has 0 radical (unpaired) electrons. The number of thioether (sulfide) groups is 1. The molecule has 0 spiro atoms. The molecule has 6 heteroatoms. The summed E-state index contributed by atoms with van der Waals surface area (Å²) in [6.07, 6.45) is 0. The van der Waals surface area contributed by atoms with Crippen LogP contribution in [0.3, 0.4) is 0 Å². The highest BCUT2D eigenvalue weighted by Gasteiger charge is 2.05. The van der Waals surface area contributed by atoms with Gasteiger partial charge in [0.1, 0.15) is 5.82 Å². The third-order valence-corrected chi connectivity index (χ3v) is 3.39. The van der Waals surface area contributed by atoms with Gasteiger partial charge in [-0.05, 0) is 24.6 Å². The number of nitrogens with one attached hydrogen (secondary N) is 2. The number of carbonyl (C=O) groups is 1. The fourth-order valence-electron chi connectivity index (χ4n) is 1.50. The second-order valence-corrected chi connectivity index (χ2v) is 5.09. The Bertz CT molecular complexity index is 553. The monoisotopic (exact) mass is 279 g/mol. The van der Waals surface area contributed by atoms with Crippen molar-refractivity contribution in [2.24, 2.45) is 0 Å². The number of hydrogen-bond donors (Lipinski definition) is 2. The summed E-state index contributed by atoms with van der Waals surface area (Å²) in [5.74, 6) is 1.19. The Kier molecular flexibility index (Phi) is 4.57. The molecule has 0 aliphatic rings. The summed E-state index contributed by atoms with van der Waals surface area (Å²) in [7, 11) is 0. The minimum Gasteiger partial charge on any atom is -0.308 e. The molecule has 0 bridgehead atoms. The fraction of sp³-hybridized carbons (Fsp3) is 0.231. The third kappa shape index (κ3) is 4.40. The number of rotatable bonds is 5. The Morgan fingerprint density at radius 2 is 2.16 bits per heavy atom. The van der Waals surface area contributed by atoms with E-state index in [0.717, 1.165) is 11.3 Å². The Balaban J connectivity index is 1.73. The third-order valence-electron chi connectivity index (χ3n) is 2.39. The molecule has 100 valence electrons. The van der Waals surface area contributed by atoms with Crippen molar-refractivity contribution in [3.63, 3.8) is 0 Å². The minimum atomic E-state index is -0.250. The zero-order chi connectivity index (χ0) is 13.7. The van der Waals surface area contributed by atoms with E-state index in [1.807, 2.05) is 6.92 Å². The molecule has 1 heterocycles. The van der Waals surface area contributed by atoms with E-state index < -0.39 is 0 Å². The summed E-state index contributed by atoms with van der Waals surface area (Å²) in [4.78, 5) is 11.6. The zero-order valence-electron chi connectivity index (χ0n) is 10.4. The molecule has 2 aromatic rings. The lowest BCUT2D eigenvalue weighted by Gasteiger charge is -2.02. The molecule has 19 heavy (non-hydrogen) atoms. The summed E-state index contributed by atoms with van der Waals surface area (Å²) < 4.78 is 12.7. The summed E-state index contributed by atoms with van der Waals surface area (Å²) >= 11 is 1.47. The number of carbonyl (C=O) groups excluding carboxylic acids is 1. The molecule has 1 aromatic carbocycles. The van der Waals surface area contributed by atoms with E-state index in [9.17, 15) is 9.18 Å². The average Bonchev–Trinajstić information content (AvgIpc) is 2.77. The van der Waals surface area contributed by atoms with Gasteiger partial charge in [0, 0.05) is 17.5 Å². The molecule has 0 atom stereocenters. The first kappa shape index (κ1) is 13.6. The quantitative estimate of drug-likeness (QED) is 0.884. The number of nitrogens with zero attached hydrogens (tertiary/aromatic N) is 1. The molecular weight excluding hydrogens is 265 g/mol. The number of aryl methyl sites for hydroxylation is 1. The second-order valence-electron chi connectivity index (χ2n) is 4.10. The molecule has 2 N–H and O–H groups in total. The van der Waals surface area contributed by atoms with Crippen LogP contribution in [0.5, 0.6) is 0 Å². The van der Waals surface area contributed by atoms with E-state index in [2.05, 4.69) is 15.5 Å². The Hall–Kier alpha value is -1.82. The van der Waals surface area contributed by atoms with Crippen LogP contribution in [0.2, 0.25) is 0 Å². The van der Waals surface area contributed by atoms with Crippen LogP contribution in [-0.2, 0) is 10.5 Å². The summed E-state index contributed by atoms with van der Waals surface area (Å²) in [5, 5.41) is 9.37. The highest BCUT2D eigenvalue weighted by molar-refractivity contribution is 7.99. The minimum absolute atomic E-state index is 0.0985. The number of anilines is 1. The van der Waals surface area contributed by atoms with Gasteiger partial charge in [0.2, 0.25) is 5.91 Å². The maximum atomic E-state index is 12.7. The van der Waals surface area contributed by atoms with Crippen LogP contribution in [0.4, 0.5) is 10.2 Å². The van der Waals surface area contributed by atoms with Crippen molar-refractivity contribution in [3.05, 3.63) is 47.4 Å². The van der Waals surface area contributed by atoms with Gasteiger partial charge in [-0.25, -0.2) is 4.39 Å². The first-order chi connectivity index (χ1) is 9.13. The van der Waals surface area contributed by atoms with Crippen LogP contribution >= 0.6 is 11.8 Å². The number of aromatic nitrogens is 2. The topological polar surface area (TPSA) is 57.8 Å². The van der Waals surface area contributed by atoms with Gasteiger partial charge < -0.3 is 5.32 Å². The summed E-state index contributed by atoms with van der Waals surface area (Å²) in [6.45, 7) is 1.87. The number of H-pyrrole nitrogens is 1. The Labute approximate surface area is 114 Å². The number of halogens is 1. The SMILES string of the molecule is Cc1cc(NC(=O)CSCc2ccc(F)cc2)n[nH]1. The van der Waals surface area contributed by atoms with E-state index in [4.69, 9.17) is 0 Å². The molecule has 4 nitrogen and oxygen atoms in total. The largest absolute Gasteiger partial charge is 0.308 e. The van der Waals surface area contributed by atoms with Crippen molar-refractivity contribution in [2.45, 2.75) is 12.7 Å². The predicted octanol–water partition coefficient (Wildman–Crippen LogP) is 2.73. The van der Waals surface area contributed by atoms with Crippen LogP contribution in [-0.4, -0.2) is 21.9 Å². The van der Waals surface area contributed by atoms with Gasteiger partial charge in [-0.1, -0.05) is 12.1 Å². The standard InChI is InChI=1S/C13H14FN3OS/c1-9-6-12(17-16-9)15-13(18)8-19-7-10-2-4-11(14)5-3-10/h2-6H,7-8H2,1H3,(H2,15,16,17,18). The molecule has 2 rings (SSSR count). The van der Waals surface area contributed by atoms with Crippen molar-refractivity contribution in [1.82, 2.24) is 10.2 Å². The second kappa shape index (κ2) is 6.38. The number of aromatic amines is 1. The summed E-state index contributed by atoms with van der Waals surface area (Å²) in [5.41, 5.74) is 1.89. The molecule has 0 fully saturated rings. The van der Waals surface area contributed by atoms with Gasteiger partial charge in [-0.2, -0.15) is 5.10 Å². The van der Waals surface area contributed by atoms with E-state index in [0.29, 0.717) is 17.3 Å². The lowest BCUT2D eigenvalue weighted by Crippen LogP contribution is -2.14. The number of hydrogen-bond acceptors (Lipinski definition) is 3. The van der Waals surface area contributed by atoms with E-state index in [-0.39, 0.29) is 11.7 Å². The average molecular weight is 279 g/mol. The zero-order valence-corrected chi connectivity index (χ0v) is 11.3. The molecule has 0 saturated heterocycles. The maximum Gasteiger partial charge on any atom is 0.235 e. The van der Waals surface area contributed by atoms with Crippen LogP contribution in [0.25, 0.3) is 0 Å². The predicted molar refractivity (Wildman–Crippen MR) is 74.5 cm³/mol. The number of amides is 1. The van der Waals surface area contributed by atoms with Gasteiger partial charge in [0.05, 0.1) is 5.75 Å². The molecule has 1 aromatic heterocycles. The molecule has 0 aliphatic carbocycles. The van der Waals surface area contributed by atoms with Gasteiger partial charge >= 0.3 is 0 Å². The Morgan fingerprint density at radius 1 is 1.42 bits per heavy atom. The lowest BCUT2D eigenvalue weighted by molar-refractivity contribution is -0.113. The first-order valence-corrected chi connectivity index (χ1v) is 6.93. The smallest absolute Gasteiger partial charge is 0.235 e. The maximum absolute atomic E-state index is 12.7. The molecule has 1 amide bonds. The van der Waals surface area contributed by atoms with E-state index in [1.165, 1.54) is 23.9 Å². The molecular formula is C13H14FN3OS. The molecule has 0 aliphatic heterocycles. The highest BCUT2D eigenvalue weighted by atomic mass is 32.2. The van der Waals surface area contributed by atoms with Crippen LogP contribution in [0, 0.1) is 12.7 Å².